The van der Waals surface area contributed by atoms with Crippen molar-refractivity contribution in [3.8, 4) is 0 Å². The quantitative estimate of drug-likeness (QED) is 0.841. The number of likely N-dealkylation sites (N-methyl/N-ethyl adjacent to an activating group) is 1. The summed E-state index contributed by atoms with van der Waals surface area (Å²) in [4.78, 5) is 0. The van der Waals surface area contributed by atoms with Crippen LogP contribution in [-0.4, -0.2) is 56.3 Å². The van der Waals surface area contributed by atoms with Gasteiger partial charge in [-0.3, -0.25) is 0 Å². The third-order valence-electron chi connectivity index (χ3n) is 5.17. The van der Waals surface area contributed by atoms with Crippen LogP contribution in [0.1, 0.15) is 51.9 Å². The molecule has 2 rings (SSSR count). The molecular formula is C15H31N3O2S. The van der Waals surface area contributed by atoms with Crippen LogP contribution in [0.2, 0.25) is 0 Å². The maximum absolute atomic E-state index is 13.0. The van der Waals surface area contributed by atoms with Gasteiger partial charge in [-0.25, -0.2) is 0 Å². The molecule has 0 spiro atoms. The Morgan fingerprint density at radius 3 is 2.43 bits per heavy atom. The largest absolute Gasteiger partial charge is 0.318 e. The molecule has 1 unspecified atom stereocenters. The zero-order chi connectivity index (χ0) is 15.5. The van der Waals surface area contributed by atoms with E-state index < -0.39 is 10.2 Å². The van der Waals surface area contributed by atoms with Crippen LogP contribution in [0.25, 0.3) is 0 Å². The van der Waals surface area contributed by atoms with Crippen molar-refractivity contribution in [1.29, 1.82) is 0 Å². The first kappa shape index (κ1) is 17.2. The van der Waals surface area contributed by atoms with Gasteiger partial charge in [0, 0.05) is 32.2 Å². The lowest BCUT2D eigenvalue weighted by Crippen LogP contribution is -2.54. The van der Waals surface area contributed by atoms with Crippen molar-refractivity contribution in [2.24, 2.45) is 5.92 Å². The molecule has 2 fully saturated rings. The minimum atomic E-state index is -3.32. The summed E-state index contributed by atoms with van der Waals surface area (Å²) in [7, 11) is 0.349. The van der Waals surface area contributed by atoms with Crippen LogP contribution in [0.5, 0.6) is 0 Å². The number of hydrogen-bond donors (Lipinski definition) is 1. The summed E-state index contributed by atoms with van der Waals surface area (Å²) in [6.45, 7) is 3.68. The fraction of sp³-hybridized carbons (Fsp3) is 1.00. The molecule has 1 atom stereocenters. The molecule has 1 saturated heterocycles. The van der Waals surface area contributed by atoms with E-state index in [1.807, 2.05) is 7.05 Å². The lowest BCUT2D eigenvalue weighted by Gasteiger charge is -2.40. The first-order valence-corrected chi connectivity index (χ1v) is 9.76. The zero-order valence-corrected chi connectivity index (χ0v) is 14.5. The molecule has 21 heavy (non-hydrogen) atoms. The zero-order valence-electron chi connectivity index (χ0n) is 13.7. The van der Waals surface area contributed by atoms with Gasteiger partial charge in [0.1, 0.15) is 0 Å². The molecule has 2 aliphatic rings. The van der Waals surface area contributed by atoms with E-state index in [0.717, 1.165) is 57.4 Å². The lowest BCUT2D eigenvalue weighted by molar-refractivity contribution is 0.200. The smallest absolute Gasteiger partial charge is 0.282 e. The van der Waals surface area contributed by atoms with Crippen molar-refractivity contribution in [3.63, 3.8) is 0 Å². The van der Waals surface area contributed by atoms with Crippen molar-refractivity contribution in [1.82, 2.24) is 13.9 Å². The monoisotopic (exact) mass is 317 g/mol. The Bertz CT molecular complexity index is 417. The van der Waals surface area contributed by atoms with Crippen LogP contribution in [-0.2, 0) is 10.2 Å². The van der Waals surface area contributed by atoms with Gasteiger partial charge in [-0.05, 0) is 51.5 Å². The SMILES string of the molecule is CNCC1CCCCN1S(=O)(=O)N(C)C1CCC(C)CC1. The van der Waals surface area contributed by atoms with E-state index in [9.17, 15) is 8.42 Å². The maximum atomic E-state index is 13.0. The highest BCUT2D eigenvalue weighted by atomic mass is 32.2. The summed E-state index contributed by atoms with van der Waals surface area (Å²) >= 11 is 0. The van der Waals surface area contributed by atoms with Crippen molar-refractivity contribution in [2.45, 2.75) is 64.0 Å². The Hall–Kier alpha value is -0.170. The Balaban J connectivity index is 2.07. The molecule has 5 nitrogen and oxygen atoms in total. The van der Waals surface area contributed by atoms with Crippen molar-refractivity contribution < 1.29 is 8.42 Å². The number of piperidine rings is 1. The van der Waals surface area contributed by atoms with Crippen LogP contribution in [0.15, 0.2) is 0 Å². The predicted molar refractivity (Wildman–Crippen MR) is 86.4 cm³/mol. The highest BCUT2D eigenvalue weighted by Gasteiger charge is 2.38. The molecule has 0 aromatic heterocycles. The minimum Gasteiger partial charge on any atom is -0.318 e. The molecule has 0 bridgehead atoms. The number of nitrogens with one attached hydrogen (secondary N) is 1. The number of hydrogen-bond acceptors (Lipinski definition) is 3. The molecule has 1 heterocycles. The first-order chi connectivity index (χ1) is 9.96. The number of nitrogens with zero attached hydrogens (tertiary/aromatic N) is 2. The summed E-state index contributed by atoms with van der Waals surface area (Å²) in [5, 5.41) is 3.14. The molecule has 124 valence electrons. The summed E-state index contributed by atoms with van der Waals surface area (Å²) in [5.41, 5.74) is 0. The molecule has 1 saturated carbocycles. The van der Waals surface area contributed by atoms with E-state index in [1.54, 1.807) is 15.7 Å². The molecule has 1 aliphatic heterocycles. The van der Waals surface area contributed by atoms with E-state index >= 15 is 0 Å². The van der Waals surface area contributed by atoms with E-state index in [4.69, 9.17) is 0 Å². The van der Waals surface area contributed by atoms with Crippen LogP contribution >= 0.6 is 0 Å². The van der Waals surface area contributed by atoms with E-state index in [2.05, 4.69) is 12.2 Å². The second-order valence-corrected chi connectivity index (χ2v) is 8.70. The van der Waals surface area contributed by atoms with Crippen LogP contribution < -0.4 is 5.32 Å². The Kier molecular flexibility index (Phi) is 6.05. The topological polar surface area (TPSA) is 52.7 Å². The number of rotatable bonds is 5. The highest BCUT2D eigenvalue weighted by molar-refractivity contribution is 7.86. The van der Waals surface area contributed by atoms with Gasteiger partial charge in [-0.2, -0.15) is 17.0 Å². The average Bonchev–Trinajstić information content (AvgIpc) is 2.48. The third kappa shape index (κ3) is 3.97. The molecule has 0 radical (unpaired) electrons. The minimum absolute atomic E-state index is 0.110. The maximum Gasteiger partial charge on any atom is 0.282 e. The third-order valence-corrected chi connectivity index (χ3v) is 7.27. The molecular weight excluding hydrogens is 286 g/mol. The van der Waals surface area contributed by atoms with E-state index in [1.165, 1.54) is 0 Å². The first-order valence-electron chi connectivity index (χ1n) is 8.36. The summed E-state index contributed by atoms with van der Waals surface area (Å²) in [6, 6.07) is 0.294. The fourth-order valence-corrected chi connectivity index (χ4v) is 5.51. The second-order valence-electron chi connectivity index (χ2n) is 6.76. The van der Waals surface area contributed by atoms with Gasteiger partial charge in [0.15, 0.2) is 0 Å². The van der Waals surface area contributed by atoms with Gasteiger partial charge in [0.2, 0.25) is 0 Å². The Morgan fingerprint density at radius 2 is 1.81 bits per heavy atom. The second kappa shape index (κ2) is 7.40. The molecule has 6 heteroatoms. The summed E-state index contributed by atoms with van der Waals surface area (Å²) in [5.74, 6) is 0.740. The van der Waals surface area contributed by atoms with Crippen LogP contribution in [0, 0.1) is 5.92 Å². The Morgan fingerprint density at radius 1 is 1.14 bits per heavy atom. The van der Waals surface area contributed by atoms with Gasteiger partial charge in [-0.1, -0.05) is 13.3 Å². The summed E-state index contributed by atoms with van der Waals surface area (Å²) in [6.07, 6.45) is 7.37. The lowest BCUT2D eigenvalue weighted by atomic mass is 9.87. The van der Waals surface area contributed by atoms with Gasteiger partial charge in [0.05, 0.1) is 0 Å². The van der Waals surface area contributed by atoms with Crippen LogP contribution in [0.4, 0.5) is 0 Å². The van der Waals surface area contributed by atoms with Crippen molar-refractivity contribution >= 4 is 10.2 Å². The fourth-order valence-electron chi connectivity index (χ4n) is 3.68. The van der Waals surface area contributed by atoms with Crippen molar-refractivity contribution in [3.05, 3.63) is 0 Å². The predicted octanol–water partition coefficient (Wildman–Crippen LogP) is 1.82. The van der Waals surface area contributed by atoms with Crippen molar-refractivity contribution in [2.75, 3.05) is 27.2 Å². The van der Waals surface area contributed by atoms with Crippen LogP contribution in [0.3, 0.4) is 0 Å². The molecule has 1 N–H and O–H groups in total. The van der Waals surface area contributed by atoms with Gasteiger partial charge < -0.3 is 5.32 Å². The van der Waals surface area contributed by atoms with Gasteiger partial charge in [0.25, 0.3) is 10.2 Å². The normalized spacial score (nSPS) is 32.5. The van der Waals surface area contributed by atoms with Gasteiger partial charge >= 0.3 is 0 Å². The average molecular weight is 317 g/mol. The van der Waals surface area contributed by atoms with E-state index in [0.29, 0.717) is 6.54 Å². The summed E-state index contributed by atoms with van der Waals surface area (Å²) < 4.78 is 29.4. The molecule has 0 aromatic rings. The standard InChI is InChI=1S/C15H31N3O2S/c1-13-7-9-14(10-8-13)17(3)21(19,20)18-11-5-4-6-15(18)12-16-2/h13-16H,4-12H2,1-3H3. The highest BCUT2D eigenvalue weighted by Crippen LogP contribution is 2.30. The van der Waals surface area contributed by atoms with Gasteiger partial charge in [-0.15, -0.1) is 0 Å². The molecule has 0 amide bonds. The molecule has 0 aromatic carbocycles. The van der Waals surface area contributed by atoms with E-state index in [-0.39, 0.29) is 12.1 Å². The molecule has 1 aliphatic carbocycles. The Labute approximate surface area is 130 Å².